The van der Waals surface area contributed by atoms with Crippen LogP contribution in [0.15, 0.2) is 18.2 Å². The van der Waals surface area contributed by atoms with Crippen LogP contribution in [0, 0.1) is 34.5 Å². The van der Waals surface area contributed by atoms with E-state index in [-0.39, 0.29) is 17.2 Å². The van der Waals surface area contributed by atoms with Crippen LogP contribution in [0.2, 0.25) is 5.02 Å². The third-order valence-corrected chi connectivity index (χ3v) is 7.98. The number of carbonyl (C=O) groups excluding carboxylic acids is 2. The fourth-order valence-corrected chi connectivity index (χ4v) is 7.09. The Morgan fingerprint density at radius 3 is 2.38 bits per heavy atom. The molecule has 29 heavy (non-hydrogen) atoms. The number of carbonyl (C=O) groups is 2. The van der Waals surface area contributed by atoms with E-state index >= 15 is 0 Å². The lowest BCUT2D eigenvalue weighted by molar-refractivity contribution is -0.160. The van der Waals surface area contributed by atoms with E-state index in [9.17, 15) is 9.59 Å². The average Bonchev–Trinajstić information content (AvgIpc) is 3.16. The number of benzene rings is 1. The molecule has 1 unspecified atom stereocenters. The first kappa shape index (κ1) is 18.9. The maximum absolute atomic E-state index is 13.7. The molecule has 4 aliphatic carbocycles. The van der Waals surface area contributed by atoms with Gasteiger partial charge in [-0.1, -0.05) is 11.6 Å². The zero-order valence-corrected chi connectivity index (χ0v) is 17.3. The number of amides is 2. The van der Waals surface area contributed by atoms with Gasteiger partial charge in [0.15, 0.2) is 0 Å². The summed E-state index contributed by atoms with van der Waals surface area (Å²) in [5.41, 5.74) is 0.729. The molecule has 0 spiro atoms. The quantitative estimate of drug-likeness (QED) is 0.803. The van der Waals surface area contributed by atoms with Crippen molar-refractivity contribution in [1.29, 1.82) is 5.26 Å². The van der Waals surface area contributed by atoms with Gasteiger partial charge < -0.3 is 10.2 Å². The van der Waals surface area contributed by atoms with Crippen LogP contribution in [0.1, 0.15) is 56.9 Å². The van der Waals surface area contributed by atoms with E-state index in [1.54, 1.807) is 18.2 Å². The molecule has 1 aromatic carbocycles. The largest absolute Gasteiger partial charge is 0.330 e. The first-order chi connectivity index (χ1) is 14.0. The summed E-state index contributed by atoms with van der Waals surface area (Å²) in [5, 5.41) is 12.2. The average molecular weight is 412 g/mol. The van der Waals surface area contributed by atoms with E-state index < -0.39 is 6.04 Å². The van der Waals surface area contributed by atoms with Gasteiger partial charge in [-0.05, 0) is 87.3 Å². The predicted octanol–water partition coefficient (Wildman–Crippen LogP) is 4.36. The number of hydrogen-bond donors (Lipinski definition) is 1. The second kappa shape index (κ2) is 7.02. The number of halogens is 1. The van der Waals surface area contributed by atoms with E-state index in [2.05, 4.69) is 5.32 Å². The van der Waals surface area contributed by atoms with Crippen LogP contribution in [0.4, 0.5) is 5.69 Å². The SMILES string of the molecule is N#Cc1ccc(NC(=O)C2CCCN2C(=O)C23CC4CC(CC(C4)C2)C3)cc1Cl. The second-order valence-electron chi connectivity index (χ2n) is 9.65. The van der Waals surface area contributed by atoms with Crippen molar-refractivity contribution >= 4 is 29.1 Å². The van der Waals surface area contributed by atoms with Gasteiger partial charge in [-0.15, -0.1) is 0 Å². The summed E-state index contributed by atoms with van der Waals surface area (Å²) < 4.78 is 0. The van der Waals surface area contributed by atoms with Crippen LogP contribution in [0.3, 0.4) is 0 Å². The van der Waals surface area contributed by atoms with Crippen LogP contribution in [-0.4, -0.2) is 29.3 Å². The van der Waals surface area contributed by atoms with E-state index in [4.69, 9.17) is 16.9 Å². The first-order valence-electron chi connectivity index (χ1n) is 10.8. The number of hydrogen-bond acceptors (Lipinski definition) is 3. The highest BCUT2D eigenvalue weighted by Gasteiger charge is 2.56. The molecule has 1 N–H and O–H groups in total. The summed E-state index contributed by atoms with van der Waals surface area (Å²) in [7, 11) is 0. The van der Waals surface area contributed by atoms with Gasteiger partial charge in [-0.3, -0.25) is 9.59 Å². The Labute approximate surface area is 176 Å². The second-order valence-corrected chi connectivity index (χ2v) is 10.1. The fraction of sp³-hybridized carbons (Fsp3) is 0.609. The third kappa shape index (κ3) is 3.22. The Morgan fingerprint density at radius 1 is 1.14 bits per heavy atom. The molecule has 4 bridgehead atoms. The summed E-state index contributed by atoms with van der Waals surface area (Å²) in [6.07, 6.45) is 8.54. The van der Waals surface area contributed by atoms with Crippen molar-refractivity contribution < 1.29 is 9.59 Å². The maximum Gasteiger partial charge on any atom is 0.247 e. The van der Waals surface area contributed by atoms with Gasteiger partial charge >= 0.3 is 0 Å². The van der Waals surface area contributed by atoms with Gasteiger partial charge in [-0.2, -0.15) is 5.26 Å². The Balaban J connectivity index is 1.32. The highest BCUT2D eigenvalue weighted by molar-refractivity contribution is 6.32. The standard InChI is InChI=1S/C23H26ClN3O2/c24-19-9-18(4-3-17(19)13-25)26-21(28)20-2-1-5-27(20)22(29)23-10-14-6-15(11-23)8-16(7-14)12-23/h3-4,9,14-16,20H,1-2,5-8,10-12H2,(H,26,28). The van der Waals surface area contributed by atoms with Crippen molar-refractivity contribution in [2.75, 3.05) is 11.9 Å². The summed E-state index contributed by atoms with van der Waals surface area (Å²) in [5.74, 6) is 2.20. The zero-order chi connectivity index (χ0) is 20.2. The van der Waals surface area contributed by atoms with Crippen LogP contribution in [0.25, 0.3) is 0 Å². The molecule has 1 atom stereocenters. The van der Waals surface area contributed by atoms with Gasteiger partial charge in [0, 0.05) is 12.2 Å². The lowest BCUT2D eigenvalue weighted by Gasteiger charge is -2.56. The minimum atomic E-state index is -0.412. The normalized spacial score (nSPS) is 34.8. The van der Waals surface area contributed by atoms with Crippen molar-refractivity contribution in [3.8, 4) is 6.07 Å². The minimum absolute atomic E-state index is 0.152. The monoisotopic (exact) mass is 411 g/mol. The molecule has 4 saturated carbocycles. The number of nitrogens with zero attached hydrogens (tertiary/aromatic N) is 2. The lowest BCUT2D eigenvalue weighted by atomic mass is 9.49. The Bertz CT molecular complexity index is 871. The Morgan fingerprint density at radius 2 is 1.79 bits per heavy atom. The Hall–Kier alpha value is -2.06. The highest BCUT2D eigenvalue weighted by Crippen LogP contribution is 2.60. The van der Waals surface area contributed by atoms with E-state index in [1.807, 2.05) is 11.0 Å². The molecule has 5 aliphatic rings. The number of rotatable bonds is 3. The molecule has 1 aromatic rings. The molecule has 5 nitrogen and oxygen atoms in total. The maximum atomic E-state index is 13.7. The number of likely N-dealkylation sites (tertiary alicyclic amines) is 1. The molecule has 0 radical (unpaired) electrons. The van der Waals surface area contributed by atoms with Crippen molar-refractivity contribution in [3.05, 3.63) is 28.8 Å². The molecule has 1 heterocycles. The van der Waals surface area contributed by atoms with Crippen LogP contribution in [-0.2, 0) is 9.59 Å². The topological polar surface area (TPSA) is 73.2 Å². The molecular weight excluding hydrogens is 386 g/mol. The zero-order valence-electron chi connectivity index (χ0n) is 16.5. The minimum Gasteiger partial charge on any atom is -0.330 e. The van der Waals surface area contributed by atoms with E-state index in [0.717, 1.165) is 25.7 Å². The molecule has 1 aliphatic heterocycles. The van der Waals surface area contributed by atoms with Crippen molar-refractivity contribution in [2.24, 2.45) is 23.2 Å². The van der Waals surface area contributed by atoms with Gasteiger partial charge in [0.25, 0.3) is 0 Å². The molecule has 152 valence electrons. The molecular formula is C23H26ClN3O2. The number of nitrogens with one attached hydrogen (secondary N) is 1. The lowest BCUT2D eigenvalue weighted by Crippen LogP contribution is -2.56. The molecule has 1 saturated heterocycles. The fourth-order valence-electron chi connectivity index (χ4n) is 6.87. The van der Waals surface area contributed by atoms with Crippen molar-refractivity contribution in [2.45, 2.75) is 57.4 Å². The smallest absolute Gasteiger partial charge is 0.247 e. The third-order valence-electron chi connectivity index (χ3n) is 7.67. The van der Waals surface area contributed by atoms with Crippen molar-refractivity contribution in [1.82, 2.24) is 4.90 Å². The van der Waals surface area contributed by atoms with Crippen LogP contribution < -0.4 is 5.32 Å². The molecule has 6 rings (SSSR count). The van der Waals surface area contributed by atoms with Crippen LogP contribution >= 0.6 is 11.6 Å². The van der Waals surface area contributed by atoms with Gasteiger partial charge in [-0.25, -0.2) is 0 Å². The molecule has 5 fully saturated rings. The summed E-state index contributed by atoms with van der Waals surface area (Å²) >= 11 is 6.09. The highest BCUT2D eigenvalue weighted by atomic mass is 35.5. The van der Waals surface area contributed by atoms with Crippen molar-refractivity contribution in [3.63, 3.8) is 0 Å². The molecule has 6 heteroatoms. The van der Waals surface area contributed by atoms with E-state index in [0.29, 0.717) is 47.0 Å². The predicted molar refractivity (Wildman–Crippen MR) is 110 cm³/mol. The van der Waals surface area contributed by atoms with Crippen LogP contribution in [0.5, 0.6) is 0 Å². The Kier molecular flexibility index (Phi) is 4.58. The first-order valence-corrected chi connectivity index (χ1v) is 11.2. The summed E-state index contributed by atoms with van der Waals surface area (Å²) in [4.78, 5) is 28.6. The van der Waals surface area contributed by atoms with E-state index in [1.165, 1.54) is 19.3 Å². The van der Waals surface area contributed by atoms with Gasteiger partial charge in [0.2, 0.25) is 11.8 Å². The van der Waals surface area contributed by atoms with Gasteiger partial charge in [0.05, 0.1) is 16.0 Å². The molecule has 0 aromatic heterocycles. The number of nitriles is 1. The summed E-state index contributed by atoms with van der Waals surface area (Å²) in [6, 6.07) is 6.49. The number of anilines is 1. The summed E-state index contributed by atoms with van der Waals surface area (Å²) in [6.45, 7) is 0.673. The van der Waals surface area contributed by atoms with Gasteiger partial charge in [0.1, 0.15) is 12.1 Å². The molecule has 2 amide bonds.